The highest BCUT2D eigenvalue weighted by atomic mass is 79.9. The molecule has 0 spiro atoms. The average molecular weight is 322 g/mol. The Morgan fingerprint density at radius 3 is 2.61 bits per heavy atom. The Kier molecular flexibility index (Phi) is 3.66. The number of alkyl halides is 4. The van der Waals surface area contributed by atoms with Crippen molar-refractivity contribution in [2.75, 3.05) is 6.54 Å². The van der Waals surface area contributed by atoms with Crippen LogP contribution in [0.5, 0.6) is 0 Å². The maximum atomic E-state index is 12.7. The molecule has 0 N–H and O–H groups in total. The van der Waals surface area contributed by atoms with Crippen molar-refractivity contribution in [2.24, 2.45) is 5.92 Å². The molecule has 0 bridgehead atoms. The van der Waals surface area contributed by atoms with Crippen LogP contribution in [0.1, 0.15) is 6.42 Å². The standard InChI is InChI=1S/C12H11BrF3NO/c13-10-5-6-17(11(10)18)9-4-2-1-3-8(7-9)12(14,15)16/h1-4,7-8,10H,5-6H2. The summed E-state index contributed by atoms with van der Waals surface area (Å²) in [7, 11) is 0. The van der Waals surface area contributed by atoms with Gasteiger partial charge in [-0.15, -0.1) is 0 Å². The van der Waals surface area contributed by atoms with E-state index in [1.54, 1.807) is 0 Å². The lowest BCUT2D eigenvalue weighted by Crippen LogP contribution is -2.28. The van der Waals surface area contributed by atoms with Crippen molar-refractivity contribution in [3.63, 3.8) is 0 Å². The zero-order chi connectivity index (χ0) is 13.3. The maximum Gasteiger partial charge on any atom is 0.398 e. The van der Waals surface area contributed by atoms with E-state index in [0.29, 0.717) is 18.7 Å². The van der Waals surface area contributed by atoms with Crippen molar-refractivity contribution in [3.8, 4) is 0 Å². The van der Waals surface area contributed by atoms with Gasteiger partial charge >= 0.3 is 6.18 Å². The minimum Gasteiger partial charge on any atom is -0.312 e. The van der Waals surface area contributed by atoms with Gasteiger partial charge in [0, 0.05) is 12.2 Å². The Labute approximate surface area is 111 Å². The second-order valence-electron chi connectivity index (χ2n) is 4.15. The van der Waals surface area contributed by atoms with Gasteiger partial charge in [-0.3, -0.25) is 4.79 Å². The van der Waals surface area contributed by atoms with E-state index in [-0.39, 0.29) is 10.7 Å². The van der Waals surface area contributed by atoms with E-state index in [0.717, 1.165) is 12.2 Å². The zero-order valence-corrected chi connectivity index (χ0v) is 10.9. The molecule has 2 aliphatic rings. The van der Waals surface area contributed by atoms with E-state index in [9.17, 15) is 18.0 Å². The van der Waals surface area contributed by atoms with Crippen LogP contribution in [0, 0.1) is 5.92 Å². The summed E-state index contributed by atoms with van der Waals surface area (Å²) < 4.78 is 38.2. The normalized spacial score (nSPS) is 28.6. The van der Waals surface area contributed by atoms with Crippen LogP contribution in [-0.2, 0) is 4.79 Å². The fourth-order valence-corrected chi connectivity index (χ4v) is 2.37. The molecule has 0 saturated carbocycles. The second kappa shape index (κ2) is 4.91. The number of allylic oxidation sites excluding steroid dienone is 5. The van der Waals surface area contributed by atoms with E-state index >= 15 is 0 Å². The van der Waals surface area contributed by atoms with Gasteiger partial charge in [-0.1, -0.05) is 34.2 Å². The first-order valence-electron chi connectivity index (χ1n) is 5.48. The van der Waals surface area contributed by atoms with Gasteiger partial charge in [0.05, 0.1) is 10.7 Å². The molecule has 6 heteroatoms. The van der Waals surface area contributed by atoms with Crippen molar-refractivity contribution in [1.82, 2.24) is 4.90 Å². The van der Waals surface area contributed by atoms with E-state index in [2.05, 4.69) is 15.9 Å². The highest BCUT2D eigenvalue weighted by Gasteiger charge is 2.38. The summed E-state index contributed by atoms with van der Waals surface area (Å²) in [6.07, 6.45) is 2.85. The maximum absolute atomic E-state index is 12.7. The van der Waals surface area contributed by atoms with Crippen molar-refractivity contribution < 1.29 is 18.0 Å². The predicted octanol–water partition coefficient (Wildman–Crippen LogP) is 3.17. The van der Waals surface area contributed by atoms with E-state index in [1.807, 2.05) is 0 Å². The van der Waals surface area contributed by atoms with Crippen LogP contribution in [0.2, 0.25) is 0 Å². The SMILES string of the molecule is O=C1C(Br)CCN1C1=CC(C(F)(F)F)C=CC=C1. The van der Waals surface area contributed by atoms with Gasteiger partial charge in [0.2, 0.25) is 5.91 Å². The molecular formula is C12H11BrF3NO. The molecule has 2 atom stereocenters. The molecule has 2 unspecified atom stereocenters. The summed E-state index contributed by atoms with van der Waals surface area (Å²) in [6, 6.07) is 0. The molecule has 1 amide bonds. The van der Waals surface area contributed by atoms with Crippen LogP contribution < -0.4 is 0 Å². The van der Waals surface area contributed by atoms with Crippen molar-refractivity contribution in [1.29, 1.82) is 0 Å². The van der Waals surface area contributed by atoms with Gasteiger partial charge < -0.3 is 4.90 Å². The van der Waals surface area contributed by atoms with Gasteiger partial charge in [0.1, 0.15) is 0 Å². The third-order valence-electron chi connectivity index (χ3n) is 2.88. The summed E-state index contributed by atoms with van der Waals surface area (Å²) >= 11 is 3.20. The fourth-order valence-electron chi connectivity index (χ4n) is 1.92. The summed E-state index contributed by atoms with van der Waals surface area (Å²) in [4.78, 5) is 12.9. The Hall–Kier alpha value is -1.04. The quantitative estimate of drug-likeness (QED) is 0.679. The summed E-state index contributed by atoms with van der Waals surface area (Å²) in [5.74, 6) is -1.83. The highest BCUT2D eigenvalue weighted by Crippen LogP contribution is 2.32. The van der Waals surface area contributed by atoms with Gasteiger partial charge in [-0.25, -0.2) is 0 Å². The van der Waals surface area contributed by atoms with E-state index < -0.39 is 12.1 Å². The third-order valence-corrected chi connectivity index (χ3v) is 3.73. The Bertz CT molecular complexity index is 439. The third kappa shape index (κ3) is 2.68. The summed E-state index contributed by atoms with van der Waals surface area (Å²) in [5, 5.41) is 0. The van der Waals surface area contributed by atoms with Gasteiger partial charge in [0.25, 0.3) is 0 Å². The molecule has 1 fully saturated rings. The predicted molar refractivity (Wildman–Crippen MR) is 65.0 cm³/mol. The van der Waals surface area contributed by atoms with Crippen molar-refractivity contribution >= 4 is 21.8 Å². The Balaban J connectivity index is 2.27. The van der Waals surface area contributed by atoms with Crippen LogP contribution in [0.15, 0.2) is 36.1 Å². The Morgan fingerprint density at radius 1 is 1.33 bits per heavy atom. The smallest absolute Gasteiger partial charge is 0.312 e. The zero-order valence-electron chi connectivity index (χ0n) is 9.32. The first-order valence-corrected chi connectivity index (χ1v) is 6.40. The molecule has 2 nitrogen and oxygen atoms in total. The van der Waals surface area contributed by atoms with Crippen LogP contribution in [0.4, 0.5) is 13.2 Å². The number of halogens is 4. The first-order chi connectivity index (χ1) is 8.39. The fraction of sp³-hybridized carbons (Fsp3) is 0.417. The number of nitrogens with zero attached hydrogens (tertiary/aromatic N) is 1. The lowest BCUT2D eigenvalue weighted by atomic mass is 10.1. The molecule has 0 aromatic rings. The van der Waals surface area contributed by atoms with Gasteiger partial charge in [-0.2, -0.15) is 13.2 Å². The number of hydrogen-bond donors (Lipinski definition) is 0. The minimum absolute atomic E-state index is 0.186. The molecular weight excluding hydrogens is 311 g/mol. The number of rotatable bonds is 1. The molecule has 1 saturated heterocycles. The van der Waals surface area contributed by atoms with E-state index in [4.69, 9.17) is 0 Å². The van der Waals surface area contributed by atoms with Crippen molar-refractivity contribution in [3.05, 3.63) is 36.1 Å². The summed E-state index contributed by atoms with van der Waals surface area (Å²) in [5.41, 5.74) is 0.314. The molecule has 1 aliphatic heterocycles. The van der Waals surface area contributed by atoms with E-state index in [1.165, 1.54) is 23.1 Å². The van der Waals surface area contributed by atoms with Gasteiger partial charge in [-0.05, 0) is 18.6 Å². The number of carbonyl (C=O) groups is 1. The highest BCUT2D eigenvalue weighted by molar-refractivity contribution is 9.10. The second-order valence-corrected chi connectivity index (χ2v) is 5.25. The van der Waals surface area contributed by atoms with Crippen LogP contribution in [0.3, 0.4) is 0 Å². The molecule has 18 heavy (non-hydrogen) atoms. The molecule has 0 aromatic heterocycles. The van der Waals surface area contributed by atoms with Crippen molar-refractivity contribution in [2.45, 2.75) is 17.4 Å². The lowest BCUT2D eigenvalue weighted by Gasteiger charge is -2.19. The largest absolute Gasteiger partial charge is 0.398 e. The molecule has 1 heterocycles. The molecule has 0 aromatic carbocycles. The monoisotopic (exact) mass is 321 g/mol. The Morgan fingerprint density at radius 2 is 2.06 bits per heavy atom. The number of carbonyl (C=O) groups excluding carboxylic acids is 1. The minimum atomic E-state index is -4.33. The molecule has 98 valence electrons. The topological polar surface area (TPSA) is 20.3 Å². The number of hydrogen-bond acceptors (Lipinski definition) is 1. The molecule has 0 radical (unpaired) electrons. The van der Waals surface area contributed by atoms with Gasteiger partial charge in [0.15, 0.2) is 0 Å². The number of likely N-dealkylation sites (tertiary alicyclic amines) is 1. The number of amides is 1. The molecule has 2 rings (SSSR count). The van der Waals surface area contributed by atoms with Crippen LogP contribution in [0.25, 0.3) is 0 Å². The average Bonchev–Trinajstić information content (AvgIpc) is 2.55. The van der Waals surface area contributed by atoms with Crippen LogP contribution >= 0.6 is 15.9 Å². The molecule has 1 aliphatic carbocycles. The summed E-state index contributed by atoms with van der Waals surface area (Å²) in [6.45, 7) is 0.440. The first kappa shape index (κ1) is 13.4. The van der Waals surface area contributed by atoms with Crippen LogP contribution in [-0.4, -0.2) is 28.4 Å². The lowest BCUT2D eigenvalue weighted by molar-refractivity contribution is -0.149.